The molecule has 0 radical (unpaired) electrons. The van der Waals surface area contributed by atoms with Crippen molar-refractivity contribution in [2.75, 3.05) is 27.7 Å². The van der Waals surface area contributed by atoms with E-state index < -0.39 is 12.9 Å². The molecule has 35 heavy (non-hydrogen) atoms. The molecule has 208 valence electrons. The normalized spacial score (nSPS) is 14.8. The highest BCUT2D eigenvalue weighted by Crippen LogP contribution is 2.52. The maximum Gasteiger partial charge on any atom is 0.362 e. The molecule has 0 fully saturated rings. The minimum Gasteiger partial charge on any atom is -0.373 e. The van der Waals surface area contributed by atoms with E-state index in [0.29, 0.717) is 10.9 Å². The van der Waals surface area contributed by atoms with E-state index in [2.05, 4.69) is 25.2 Å². The predicted octanol–water partition coefficient (Wildman–Crippen LogP) is 8.10. The van der Waals surface area contributed by atoms with Crippen molar-refractivity contribution in [3.63, 3.8) is 0 Å². The van der Waals surface area contributed by atoms with E-state index in [9.17, 15) is 19.5 Å². The van der Waals surface area contributed by atoms with E-state index in [-0.39, 0.29) is 13.0 Å². The summed E-state index contributed by atoms with van der Waals surface area (Å²) in [5.41, 5.74) is 0. The minimum atomic E-state index is -4.58. The van der Waals surface area contributed by atoms with Gasteiger partial charge in [0.05, 0.1) is 21.1 Å². The Bertz CT molecular complexity index is 594. The zero-order chi connectivity index (χ0) is 26.5. The van der Waals surface area contributed by atoms with Gasteiger partial charge in [-0.3, -0.25) is 4.57 Å². The Morgan fingerprint density at radius 1 is 0.629 bits per heavy atom. The molecule has 0 saturated heterocycles. The van der Waals surface area contributed by atoms with Gasteiger partial charge >= 0.3 is 7.60 Å². The van der Waals surface area contributed by atoms with Crippen LogP contribution < -0.4 is 0 Å². The molecule has 0 saturated carbocycles. The van der Waals surface area contributed by atoms with Gasteiger partial charge in [-0.15, -0.1) is 0 Å². The van der Waals surface area contributed by atoms with Gasteiger partial charge in [0.15, 0.2) is 0 Å². The molecule has 1 atom stereocenters. The van der Waals surface area contributed by atoms with E-state index in [0.717, 1.165) is 12.8 Å². The van der Waals surface area contributed by atoms with Gasteiger partial charge < -0.3 is 19.4 Å². The third-order valence-electron chi connectivity index (χ3n) is 6.53. The second-order valence-electron chi connectivity index (χ2n) is 11.4. The monoisotopic (exact) mass is 516 g/mol. The van der Waals surface area contributed by atoms with Crippen LogP contribution in [0.5, 0.6) is 0 Å². The molecule has 0 heterocycles. The molecule has 3 N–H and O–H groups in total. The van der Waals surface area contributed by atoms with Crippen LogP contribution in [0.4, 0.5) is 0 Å². The van der Waals surface area contributed by atoms with Crippen LogP contribution in [-0.2, 0) is 4.57 Å². The standard InChI is InChI=1S/C29H58NO4P/c1-5-6-7-8-9-10-11-12-13-14-15-16-17-18-19-20-21-22-23-24-25-26-27-29(31,35(32,33)34)28-30(2,3)4/h16-17,24-25,31H,5-15,18-23,26-28H2,1-4H3,(H-,32,33,34)/p+1/b17-16-,25-24-. The highest BCUT2D eigenvalue weighted by molar-refractivity contribution is 7.53. The van der Waals surface area contributed by atoms with Crippen LogP contribution in [0.15, 0.2) is 24.3 Å². The molecule has 1 unspecified atom stereocenters. The Kier molecular flexibility index (Phi) is 20.3. The summed E-state index contributed by atoms with van der Waals surface area (Å²) in [6, 6.07) is 0. The van der Waals surface area contributed by atoms with Gasteiger partial charge in [-0.25, -0.2) is 0 Å². The largest absolute Gasteiger partial charge is 0.373 e. The van der Waals surface area contributed by atoms with Gasteiger partial charge in [0.1, 0.15) is 6.54 Å². The van der Waals surface area contributed by atoms with Crippen molar-refractivity contribution < 1.29 is 23.9 Å². The molecule has 0 rings (SSSR count). The molecule has 0 aromatic heterocycles. The van der Waals surface area contributed by atoms with Crippen molar-refractivity contribution >= 4 is 7.60 Å². The quantitative estimate of drug-likeness (QED) is 0.0524. The lowest BCUT2D eigenvalue weighted by atomic mass is 10.1. The third-order valence-corrected chi connectivity index (χ3v) is 7.98. The van der Waals surface area contributed by atoms with Crippen LogP contribution in [0, 0.1) is 0 Å². The van der Waals surface area contributed by atoms with Crippen LogP contribution in [0.3, 0.4) is 0 Å². The molecule has 0 aliphatic rings. The fourth-order valence-corrected chi connectivity index (χ4v) is 5.52. The Morgan fingerprint density at radius 2 is 0.971 bits per heavy atom. The Labute approximate surface area is 217 Å². The van der Waals surface area contributed by atoms with Crippen LogP contribution >= 0.6 is 7.60 Å². The highest BCUT2D eigenvalue weighted by atomic mass is 31.2. The van der Waals surface area contributed by atoms with Gasteiger partial charge in [-0.05, 0) is 51.4 Å². The average molecular weight is 517 g/mol. The summed E-state index contributed by atoms with van der Waals surface area (Å²) >= 11 is 0. The van der Waals surface area contributed by atoms with Gasteiger partial charge in [-0.1, -0.05) is 102 Å². The molecule has 5 nitrogen and oxygen atoms in total. The number of nitrogens with zero attached hydrogens (tertiary/aromatic N) is 1. The smallest absolute Gasteiger partial charge is 0.362 e. The van der Waals surface area contributed by atoms with Crippen molar-refractivity contribution in [2.45, 2.75) is 134 Å². The summed E-state index contributed by atoms with van der Waals surface area (Å²) in [5.74, 6) is 0. The lowest BCUT2D eigenvalue weighted by Gasteiger charge is -2.35. The first-order valence-electron chi connectivity index (χ1n) is 14.4. The molecular weight excluding hydrogens is 457 g/mol. The van der Waals surface area contributed by atoms with Gasteiger partial charge in [0.2, 0.25) is 5.34 Å². The Morgan fingerprint density at radius 3 is 1.31 bits per heavy atom. The maximum atomic E-state index is 11.8. The summed E-state index contributed by atoms with van der Waals surface area (Å²) in [5, 5.41) is 8.57. The van der Waals surface area contributed by atoms with Gasteiger partial charge in [0, 0.05) is 0 Å². The van der Waals surface area contributed by atoms with E-state index in [1.54, 1.807) is 0 Å². The number of hydrogen-bond donors (Lipinski definition) is 3. The zero-order valence-corrected chi connectivity index (χ0v) is 24.5. The Hall–Kier alpha value is -0.450. The minimum absolute atomic E-state index is 0.0266. The Balaban J connectivity index is 3.61. The first-order chi connectivity index (χ1) is 16.5. The van der Waals surface area contributed by atoms with E-state index in [1.807, 2.05) is 27.2 Å². The second kappa shape index (κ2) is 20.6. The number of allylic oxidation sites excluding steroid dienone is 4. The first-order valence-corrected chi connectivity index (χ1v) is 16.0. The zero-order valence-electron chi connectivity index (χ0n) is 23.6. The molecule has 0 aliphatic carbocycles. The van der Waals surface area contributed by atoms with Crippen molar-refractivity contribution in [3.8, 4) is 0 Å². The average Bonchev–Trinajstić information content (AvgIpc) is 2.75. The molecule has 0 amide bonds. The van der Waals surface area contributed by atoms with Crippen molar-refractivity contribution in [1.82, 2.24) is 0 Å². The molecule has 0 aliphatic heterocycles. The molecular formula is C29H59NO4P+. The lowest BCUT2D eigenvalue weighted by molar-refractivity contribution is -0.875. The van der Waals surface area contributed by atoms with Gasteiger partial charge in [0.25, 0.3) is 0 Å². The van der Waals surface area contributed by atoms with Crippen molar-refractivity contribution in [1.29, 1.82) is 0 Å². The topological polar surface area (TPSA) is 77.8 Å². The maximum absolute atomic E-state index is 11.8. The summed E-state index contributed by atoms with van der Waals surface area (Å²) in [6.45, 7) is 2.30. The fraction of sp³-hybridized carbons (Fsp3) is 0.862. The van der Waals surface area contributed by atoms with Crippen LogP contribution in [-0.4, -0.2) is 52.4 Å². The van der Waals surface area contributed by atoms with Crippen molar-refractivity contribution in [2.24, 2.45) is 0 Å². The number of unbranched alkanes of at least 4 members (excludes halogenated alkanes) is 15. The molecule has 0 spiro atoms. The summed E-state index contributed by atoms with van der Waals surface area (Å²) in [4.78, 5) is 19.2. The molecule has 0 aromatic rings. The second-order valence-corrected chi connectivity index (χ2v) is 13.3. The molecule has 6 heteroatoms. The predicted molar refractivity (Wildman–Crippen MR) is 152 cm³/mol. The number of likely N-dealkylation sites (N-methyl/N-ethyl adjacent to an activating group) is 1. The lowest BCUT2D eigenvalue weighted by Crippen LogP contribution is -2.49. The van der Waals surface area contributed by atoms with E-state index in [4.69, 9.17) is 0 Å². The fourth-order valence-electron chi connectivity index (χ4n) is 4.49. The highest BCUT2D eigenvalue weighted by Gasteiger charge is 2.48. The SMILES string of the molecule is CCCCCCCCCCCC/C=C\CCCCCC/C=C\CCC(O)(C[N+](C)(C)C)P(=O)(O)O. The van der Waals surface area contributed by atoms with Gasteiger partial charge in [-0.2, -0.15) is 0 Å². The van der Waals surface area contributed by atoms with E-state index in [1.165, 1.54) is 96.3 Å². The van der Waals surface area contributed by atoms with E-state index >= 15 is 0 Å². The molecule has 0 bridgehead atoms. The van der Waals surface area contributed by atoms with Crippen LogP contribution in [0.25, 0.3) is 0 Å². The summed E-state index contributed by atoms with van der Waals surface area (Å²) < 4.78 is 12.1. The van der Waals surface area contributed by atoms with Crippen molar-refractivity contribution in [3.05, 3.63) is 24.3 Å². The summed E-state index contributed by atoms with van der Waals surface area (Å²) in [7, 11) is 0.893. The number of rotatable bonds is 24. The number of quaternary nitrogens is 1. The summed E-state index contributed by atoms with van der Waals surface area (Å²) in [6.07, 6.45) is 31.5. The van der Waals surface area contributed by atoms with Crippen LogP contribution in [0.1, 0.15) is 129 Å². The first kappa shape index (κ1) is 34.6. The number of aliphatic hydroxyl groups is 1. The van der Waals surface area contributed by atoms with Crippen LogP contribution in [0.2, 0.25) is 0 Å². The third kappa shape index (κ3) is 21.4. The molecule has 0 aromatic carbocycles. The number of hydrogen-bond acceptors (Lipinski definition) is 2.